The maximum Gasteiger partial charge on any atom is 0.248 e. The Bertz CT molecular complexity index is 1280. The largest absolute Gasteiger partial charge is 0.360 e. The van der Waals surface area contributed by atoms with E-state index in [9.17, 15) is 14.4 Å². The van der Waals surface area contributed by atoms with Gasteiger partial charge in [0, 0.05) is 40.7 Å². The van der Waals surface area contributed by atoms with Gasteiger partial charge in [-0.2, -0.15) is 0 Å². The van der Waals surface area contributed by atoms with Gasteiger partial charge in [0.05, 0.1) is 0 Å². The number of aryl methyl sites for hydroxylation is 3. The van der Waals surface area contributed by atoms with E-state index in [1.54, 1.807) is 37.3 Å². The second-order valence-electron chi connectivity index (χ2n) is 10.1. The van der Waals surface area contributed by atoms with Crippen LogP contribution in [-0.2, 0) is 14.4 Å². The van der Waals surface area contributed by atoms with Gasteiger partial charge < -0.3 is 15.2 Å². The van der Waals surface area contributed by atoms with Crippen molar-refractivity contribution in [1.29, 1.82) is 0 Å². The number of aromatic nitrogens is 1. The van der Waals surface area contributed by atoms with Crippen molar-refractivity contribution >= 4 is 40.8 Å². The molecule has 0 bridgehead atoms. The molecule has 0 unspecified atom stereocenters. The number of carbonyl (C=O) groups excluding carboxylic acids is 3. The Hall–Kier alpha value is -3.65. The number of halogens is 1. The zero-order chi connectivity index (χ0) is 27.3. The van der Waals surface area contributed by atoms with Gasteiger partial charge in [-0.1, -0.05) is 41.0 Å². The van der Waals surface area contributed by atoms with Crippen molar-refractivity contribution in [2.24, 2.45) is 0 Å². The van der Waals surface area contributed by atoms with E-state index in [0.29, 0.717) is 22.0 Å². The number of nitrogens with one attached hydrogen (secondary N) is 2. The van der Waals surface area contributed by atoms with Crippen LogP contribution in [0.15, 0.2) is 53.1 Å². The Balaban J connectivity index is 2.01. The first-order valence-corrected chi connectivity index (χ1v) is 12.4. The SMILES string of the molecule is Cc1cc(C)cc(N(C(=O)CCC(=O)Nc2cc(C)on2)[C@H](C(=O)NC(C)(C)C)c2ccccc2Cl)c1. The molecule has 2 N–H and O–H groups in total. The topological polar surface area (TPSA) is 105 Å². The van der Waals surface area contributed by atoms with Gasteiger partial charge in [-0.15, -0.1) is 0 Å². The van der Waals surface area contributed by atoms with Gasteiger partial charge in [0.25, 0.3) is 0 Å². The third-order valence-electron chi connectivity index (χ3n) is 5.42. The van der Waals surface area contributed by atoms with Crippen molar-refractivity contribution in [2.75, 3.05) is 10.2 Å². The first-order chi connectivity index (χ1) is 17.3. The molecule has 0 saturated carbocycles. The molecule has 9 heteroatoms. The van der Waals surface area contributed by atoms with Gasteiger partial charge in [0.2, 0.25) is 17.7 Å². The molecule has 0 spiro atoms. The maximum absolute atomic E-state index is 13.8. The van der Waals surface area contributed by atoms with Crippen LogP contribution in [0.4, 0.5) is 11.5 Å². The highest BCUT2D eigenvalue weighted by atomic mass is 35.5. The molecule has 1 heterocycles. The minimum atomic E-state index is -1.05. The molecular weight excluding hydrogens is 492 g/mol. The lowest BCUT2D eigenvalue weighted by atomic mass is 9.99. The molecule has 0 radical (unpaired) electrons. The van der Waals surface area contributed by atoms with Gasteiger partial charge >= 0.3 is 0 Å². The monoisotopic (exact) mass is 524 g/mol. The molecule has 37 heavy (non-hydrogen) atoms. The van der Waals surface area contributed by atoms with Crippen molar-refractivity contribution in [3.05, 3.63) is 76.0 Å². The Morgan fingerprint density at radius 1 is 1.00 bits per heavy atom. The van der Waals surface area contributed by atoms with Crippen LogP contribution in [0, 0.1) is 20.8 Å². The van der Waals surface area contributed by atoms with E-state index < -0.39 is 23.4 Å². The predicted molar refractivity (Wildman–Crippen MR) is 145 cm³/mol. The van der Waals surface area contributed by atoms with Crippen molar-refractivity contribution in [3.8, 4) is 0 Å². The molecule has 0 fully saturated rings. The minimum Gasteiger partial charge on any atom is -0.360 e. The highest BCUT2D eigenvalue weighted by molar-refractivity contribution is 6.31. The fraction of sp³-hybridized carbons (Fsp3) is 0.357. The standard InChI is InChI=1S/C28H33ClN4O4/c1-17-13-18(2)15-20(14-17)33(25(35)12-11-24(34)30-23-16-19(3)37-32-23)26(27(36)31-28(4,5)6)21-9-7-8-10-22(21)29/h7-10,13-16,26H,11-12H2,1-6H3,(H,31,36)(H,30,32,34)/t26-/m0/s1. The Kier molecular flexibility index (Phi) is 8.76. The number of hydrogen-bond acceptors (Lipinski definition) is 5. The van der Waals surface area contributed by atoms with Crippen LogP contribution >= 0.6 is 11.6 Å². The Morgan fingerprint density at radius 2 is 1.65 bits per heavy atom. The zero-order valence-corrected chi connectivity index (χ0v) is 22.8. The zero-order valence-electron chi connectivity index (χ0n) is 22.0. The van der Waals surface area contributed by atoms with E-state index in [-0.39, 0.29) is 24.6 Å². The second kappa shape index (κ2) is 11.6. The fourth-order valence-electron chi connectivity index (χ4n) is 4.03. The van der Waals surface area contributed by atoms with E-state index in [0.717, 1.165) is 11.1 Å². The molecule has 3 aromatic rings. The number of benzene rings is 2. The van der Waals surface area contributed by atoms with Gasteiger partial charge in [-0.25, -0.2) is 0 Å². The van der Waals surface area contributed by atoms with Crippen molar-refractivity contribution < 1.29 is 18.9 Å². The van der Waals surface area contributed by atoms with E-state index in [1.807, 2.05) is 52.8 Å². The molecule has 0 saturated heterocycles. The summed E-state index contributed by atoms with van der Waals surface area (Å²) in [5.74, 6) is -0.337. The molecule has 1 atom stereocenters. The van der Waals surface area contributed by atoms with E-state index in [1.165, 1.54) is 4.90 Å². The Labute approximate surface area is 222 Å². The van der Waals surface area contributed by atoms with E-state index >= 15 is 0 Å². The van der Waals surface area contributed by atoms with Crippen LogP contribution in [-0.4, -0.2) is 28.4 Å². The van der Waals surface area contributed by atoms with E-state index in [2.05, 4.69) is 15.8 Å². The number of rotatable bonds is 8. The molecule has 3 amide bonds. The summed E-state index contributed by atoms with van der Waals surface area (Å²) >= 11 is 6.55. The molecular formula is C28H33ClN4O4. The first-order valence-electron chi connectivity index (χ1n) is 12.0. The van der Waals surface area contributed by atoms with Crippen molar-refractivity contribution in [2.45, 2.75) is 66.0 Å². The lowest BCUT2D eigenvalue weighted by Gasteiger charge is -2.34. The fourth-order valence-corrected chi connectivity index (χ4v) is 4.27. The smallest absolute Gasteiger partial charge is 0.248 e. The summed E-state index contributed by atoms with van der Waals surface area (Å²) in [7, 11) is 0. The molecule has 0 aliphatic carbocycles. The van der Waals surface area contributed by atoms with Gasteiger partial charge in [0.15, 0.2) is 5.82 Å². The summed E-state index contributed by atoms with van der Waals surface area (Å²) in [6, 6.07) is 13.2. The van der Waals surface area contributed by atoms with Gasteiger partial charge in [0.1, 0.15) is 11.8 Å². The van der Waals surface area contributed by atoms with Crippen molar-refractivity contribution in [3.63, 3.8) is 0 Å². The number of anilines is 2. The Morgan fingerprint density at radius 3 is 2.22 bits per heavy atom. The molecule has 8 nitrogen and oxygen atoms in total. The average Bonchev–Trinajstić information content (AvgIpc) is 3.18. The summed E-state index contributed by atoms with van der Waals surface area (Å²) in [6.45, 7) is 11.2. The average molecular weight is 525 g/mol. The summed E-state index contributed by atoms with van der Waals surface area (Å²) < 4.78 is 4.97. The van der Waals surface area contributed by atoms with E-state index in [4.69, 9.17) is 16.1 Å². The van der Waals surface area contributed by atoms with Crippen LogP contribution < -0.4 is 15.5 Å². The first kappa shape index (κ1) is 27.9. The normalized spacial score (nSPS) is 12.1. The molecule has 3 rings (SSSR count). The number of hydrogen-bond donors (Lipinski definition) is 2. The van der Waals surface area contributed by atoms with Crippen LogP contribution in [0.2, 0.25) is 5.02 Å². The summed E-state index contributed by atoms with van der Waals surface area (Å²) in [6.07, 6.45) is -0.248. The molecule has 0 aliphatic heterocycles. The van der Waals surface area contributed by atoms with Crippen molar-refractivity contribution in [1.82, 2.24) is 10.5 Å². The lowest BCUT2D eigenvalue weighted by Crippen LogP contribution is -2.49. The highest BCUT2D eigenvalue weighted by Gasteiger charge is 2.35. The lowest BCUT2D eigenvalue weighted by molar-refractivity contribution is -0.128. The molecule has 1 aromatic heterocycles. The maximum atomic E-state index is 13.8. The molecule has 0 aliphatic rings. The van der Waals surface area contributed by atoms with Crippen LogP contribution in [0.5, 0.6) is 0 Å². The third kappa shape index (κ3) is 7.67. The summed E-state index contributed by atoms with van der Waals surface area (Å²) in [5, 5.41) is 9.72. The summed E-state index contributed by atoms with van der Waals surface area (Å²) in [4.78, 5) is 41.5. The number of carbonyl (C=O) groups is 3. The molecule has 2 aromatic carbocycles. The van der Waals surface area contributed by atoms with Gasteiger partial charge in [-0.05, 0) is 70.9 Å². The highest BCUT2D eigenvalue weighted by Crippen LogP contribution is 2.34. The number of amides is 3. The second-order valence-corrected chi connectivity index (χ2v) is 10.6. The van der Waals surface area contributed by atoms with Crippen LogP contribution in [0.3, 0.4) is 0 Å². The molecule has 196 valence electrons. The summed E-state index contributed by atoms with van der Waals surface area (Å²) in [5.41, 5.74) is 2.34. The van der Waals surface area contributed by atoms with Crippen LogP contribution in [0.1, 0.15) is 62.1 Å². The third-order valence-corrected chi connectivity index (χ3v) is 5.76. The van der Waals surface area contributed by atoms with Crippen LogP contribution in [0.25, 0.3) is 0 Å². The van der Waals surface area contributed by atoms with Gasteiger partial charge in [-0.3, -0.25) is 19.3 Å². The number of nitrogens with zero attached hydrogens (tertiary/aromatic N) is 2. The quantitative estimate of drug-likeness (QED) is 0.395. The minimum absolute atomic E-state index is 0.109. The predicted octanol–water partition coefficient (Wildman–Crippen LogP) is 5.66.